The SMILES string of the molecule is C1CCN(CCN2CCCCC2)CC1.O=C(c1[nH]nc2c1CS(=O)c1ccccc1-2)N1CCOCC1. The van der Waals surface area contributed by atoms with Gasteiger partial charge in [0.15, 0.2) is 0 Å². The number of fused-ring (bicyclic) bond motifs is 3. The zero-order valence-corrected chi connectivity index (χ0v) is 22.1. The number of nitrogens with one attached hydrogen (secondary N) is 1. The van der Waals surface area contributed by atoms with Gasteiger partial charge in [-0.2, -0.15) is 5.10 Å². The second kappa shape index (κ2) is 12.4. The number of carbonyl (C=O) groups excluding carboxylic acids is 1. The summed E-state index contributed by atoms with van der Waals surface area (Å²) in [5, 5.41) is 7.17. The van der Waals surface area contributed by atoms with Crippen molar-refractivity contribution >= 4 is 16.7 Å². The number of aromatic amines is 1. The van der Waals surface area contributed by atoms with Crippen LogP contribution in [0.15, 0.2) is 29.2 Å². The minimum Gasteiger partial charge on any atom is -0.378 e. The van der Waals surface area contributed by atoms with E-state index in [0.717, 1.165) is 21.7 Å². The van der Waals surface area contributed by atoms with Gasteiger partial charge in [0, 0.05) is 42.2 Å². The van der Waals surface area contributed by atoms with Gasteiger partial charge in [-0.15, -0.1) is 0 Å². The van der Waals surface area contributed by atoms with Gasteiger partial charge in [-0.1, -0.05) is 31.0 Å². The lowest BCUT2D eigenvalue weighted by atomic mass is 10.1. The average Bonchev–Trinajstić information content (AvgIpc) is 3.37. The summed E-state index contributed by atoms with van der Waals surface area (Å²) in [7, 11) is -1.14. The van der Waals surface area contributed by atoms with Crippen molar-refractivity contribution in [2.75, 3.05) is 65.6 Å². The molecule has 3 saturated heterocycles. The fourth-order valence-corrected chi connectivity index (χ4v) is 6.89. The molecule has 1 amide bonds. The van der Waals surface area contributed by atoms with Crippen molar-refractivity contribution < 1.29 is 13.7 Å². The number of hydrogen-bond acceptors (Lipinski definition) is 6. The topological polar surface area (TPSA) is 81.8 Å². The van der Waals surface area contributed by atoms with Crippen LogP contribution in [0, 0.1) is 0 Å². The first-order valence-electron chi connectivity index (χ1n) is 13.6. The molecule has 5 heterocycles. The van der Waals surface area contributed by atoms with Gasteiger partial charge in [-0.3, -0.25) is 14.1 Å². The summed E-state index contributed by atoms with van der Waals surface area (Å²) >= 11 is 0. The molecule has 6 rings (SSSR count). The third-order valence-electron chi connectivity index (χ3n) is 7.67. The Morgan fingerprint density at radius 1 is 0.889 bits per heavy atom. The number of benzene rings is 1. The minimum absolute atomic E-state index is 0.0894. The molecule has 1 aromatic carbocycles. The summed E-state index contributed by atoms with van der Waals surface area (Å²) in [6.07, 6.45) is 8.64. The molecule has 0 saturated carbocycles. The first kappa shape index (κ1) is 25.6. The molecule has 3 fully saturated rings. The van der Waals surface area contributed by atoms with Gasteiger partial charge in [0.2, 0.25) is 0 Å². The van der Waals surface area contributed by atoms with Crippen molar-refractivity contribution in [3.8, 4) is 11.3 Å². The largest absolute Gasteiger partial charge is 0.378 e. The summed E-state index contributed by atoms with van der Waals surface area (Å²) in [5.74, 6) is 0.238. The molecule has 196 valence electrons. The Morgan fingerprint density at radius 3 is 2.14 bits per heavy atom. The molecule has 4 aliphatic heterocycles. The van der Waals surface area contributed by atoms with Crippen molar-refractivity contribution in [3.63, 3.8) is 0 Å². The van der Waals surface area contributed by atoms with Gasteiger partial charge in [0.1, 0.15) is 5.69 Å². The average molecular weight is 514 g/mol. The predicted molar refractivity (Wildman–Crippen MR) is 141 cm³/mol. The van der Waals surface area contributed by atoms with Crippen LogP contribution < -0.4 is 0 Å². The summed E-state index contributed by atoms with van der Waals surface area (Å²) in [6.45, 7) is 10.3. The molecule has 0 radical (unpaired) electrons. The first-order valence-corrected chi connectivity index (χ1v) is 14.9. The summed E-state index contributed by atoms with van der Waals surface area (Å²) in [4.78, 5) is 20.5. The third-order valence-corrected chi connectivity index (χ3v) is 9.07. The fourth-order valence-electron chi connectivity index (χ4n) is 5.55. The zero-order chi connectivity index (χ0) is 24.7. The molecule has 1 unspecified atom stereocenters. The normalized spacial score (nSPS) is 22.8. The Kier molecular flexibility index (Phi) is 8.84. The number of amides is 1. The van der Waals surface area contributed by atoms with E-state index < -0.39 is 10.8 Å². The van der Waals surface area contributed by atoms with E-state index >= 15 is 0 Å². The van der Waals surface area contributed by atoms with Crippen LogP contribution in [0.2, 0.25) is 0 Å². The Labute approximate surface area is 216 Å². The number of ether oxygens (including phenoxy) is 1. The highest BCUT2D eigenvalue weighted by molar-refractivity contribution is 7.84. The highest BCUT2D eigenvalue weighted by Gasteiger charge is 2.31. The molecule has 36 heavy (non-hydrogen) atoms. The van der Waals surface area contributed by atoms with E-state index in [-0.39, 0.29) is 5.91 Å². The van der Waals surface area contributed by atoms with E-state index in [0.29, 0.717) is 37.8 Å². The minimum atomic E-state index is -1.14. The van der Waals surface area contributed by atoms with Gasteiger partial charge in [-0.25, -0.2) is 0 Å². The maximum atomic E-state index is 12.7. The molecule has 2 aromatic rings. The van der Waals surface area contributed by atoms with Gasteiger partial charge < -0.3 is 19.4 Å². The standard InChI is InChI=1S/C15H15N3O3S.C12H24N2/c19-15(18-5-7-21-8-6-18)14-11-9-22(20)12-4-2-1-3-10(12)13(11)16-17-14;1-3-7-13(8-4-1)11-12-14-9-5-2-6-10-14/h1-4H,5-9H2,(H,16,17);1-12H2. The monoisotopic (exact) mass is 513 g/mol. The van der Waals surface area contributed by atoms with E-state index in [1.54, 1.807) is 4.90 Å². The molecular formula is C27H39N5O3S. The van der Waals surface area contributed by atoms with Crippen LogP contribution >= 0.6 is 0 Å². The first-order chi connectivity index (χ1) is 17.7. The molecule has 1 atom stereocenters. The Bertz CT molecular complexity index is 1020. The van der Waals surface area contributed by atoms with E-state index in [1.165, 1.54) is 77.8 Å². The lowest BCUT2D eigenvalue weighted by molar-refractivity contribution is 0.0298. The van der Waals surface area contributed by atoms with E-state index in [9.17, 15) is 9.00 Å². The molecule has 1 aromatic heterocycles. The van der Waals surface area contributed by atoms with Gasteiger partial charge in [0.05, 0.1) is 35.5 Å². The van der Waals surface area contributed by atoms with Crippen LogP contribution in [0.3, 0.4) is 0 Å². The lowest BCUT2D eigenvalue weighted by Crippen LogP contribution is -2.41. The maximum absolute atomic E-state index is 12.7. The number of piperidine rings is 2. The maximum Gasteiger partial charge on any atom is 0.272 e. The second-order valence-corrected chi connectivity index (χ2v) is 11.5. The third kappa shape index (κ3) is 6.07. The molecule has 8 nitrogen and oxygen atoms in total. The quantitative estimate of drug-likeness (QED) is 0.677. The van der Waals surface area contributed by atoms with Gasteiger partial charge in [0.25, 0.3) is 5.91 Å². The molecule has 0 aliphatic carbocycles. The number of aromatic nitrogens is 2. The zero-order valence-electron chi connectivity index (χ0n) is 21.3. The van der Waals surface area contributed by atoms with Crippen molar-refractivity contribution in [1.29, 1.82) is 0 Å². The van der Waals surface area contributed by atoms with Crippen LogP contribution in [-0.4, -0.2) is 101 Å². The predicted octanol–water partition coefficient (Wildman–Crippen LogP) is 3.13. The highest BCUT2D eigenvalue weighted by Crippen LogP contribution is 2.36. The molecule has 4 aliphatic rings. The molecule has 0 spiro atoms. The van der Waals surface area contributed by atoms with Crippen LogP contribution in [0.4, 0.5) is 0 Å². The number of hydrogen-bond donors (Lipinski definition) is 1. The lowest BCUT2D eigenvalue weighted by Gasteiger charge is -2.31. The van der Waals surface area contributed by atoms with E-state index in [4.69, 9.17) is 4.74 Å². The van der Waals surface area contributed by atoms with Crippen molar-refractivity contribution in [1.82, 2.24) is 24.9 Å². The Balaban J connectivity index is 0.000000165. The Hall–Kier alpha value is -2.07. The van der Waals surface area contributed by atoms with E-state index in [2.05, 4.69) is 20.0 Å². The second-order valence-electron chi connectivity index (χ2n) is 10.1. The van der Waals surface area contributed by atoms with Crippen LogP contribution in [0.1, 0.15) is 54.6 Å². The van der Waals surface area contributed by atoms with Gasteiger partial charge in [-0.05, 0) is 57.9 Å². The smallest absolute Gasteiger partial charge is 0.272 e. The molecule has 9 heteroatoms. The van der Waals surface area contributed by atoms with Crippen molar-refractivity contribution in [2.45, 2.75) is 49.2 Å². The van der Waals surface area contributed by atoms with Gasteiger partial charge >= 0.3 is 0 Å². The van der Waals surface area contributed by atoms with E-state index in [1.807, 2.05) is 24.3 Å². The molecule has 1 N–H and O–H groups in total. The Morgan fingerprint density at radius 2 is 1.50 bits per heavy atom. The molecule has 0 bridgehead atoms. The number of carbonyl (C=O) groups is 1. The van der Waals surface area contributed by atoms with Crippen molar-refractivity contribution in [3.05, 3.63) is 35.5 Å². The number of morpholine rings is 1. The summed E-state index contributed by atoms with van der Waals surface area (Å²) in [5.41, 5.74) is 2.81. The molecular weight excluding hydrogens is 474 g/mol. The van der Waals surface area contributed by atoms with Crippen molar-refractivity contribution in [2.24, 2.45) is 0 Å². The van der Waals surface area contributed by atoms with Crippen LogP contribution in [0.5, 0.6) is 0 Å². The summed E-state index contributed by atoms with van der Waals surface area (Å²) in [6, 6.07) is 7.51. The summed E-state index contributed by atoms with van der Waals surface area (Å²) < 4.78 is 17.7. The van der Waals surface area contributed by atoms with Crippen LogP contribution in [0.25, 0.3) is 11.3 Å². The highest BCUT2D eigenvalue weighted by atomic mass is 32.2. The van der Waals surface area contributed by atoms with Crippen LogP contribution in [-0.2, 0) is 21.3 Å². The number of likely N-dealkylation sites (tertiary alicyclic amines) is 2. The fraction of sp³-hybridized carbons (Fsp3) is 0.630. The number of nitrogens with zero attached hydrogens (tertiary/aromatic N) is 4. The number of H-pyrrole nitrogens is 1. The number of rotatable bonds is 4.